The molecule has 29 heavy (non-hydrogen) atoms. The molecule has 0 aliphatic heterocycles. The van der Waals surface area contributed by atoms with Crippen molar-refractivity contribution < 1.29 is 17.9 Å². The summed E-state index contributed by atoms with van der Waals surface area (Å²) in [6.07, 6.45) is 4.92. The highest BCUT2D eigenvalue weighted by atomic mass is 35.5. The van der Waals surface area contributed by atoms with E-state index in [2.05, 4.69) is 10.0 Å². The van der Waals surface area contributed by atoms with Crippen molar-refractivity contribution in [3.63, 3.8) is 0 Å². The van der Waals surface area contributed by atoms with Crippen molar-refractivity contribution in [2.75, 3.05) is 11.9 Å². The average molecular weight is 437 g/mol. The molecule has 0 bridgehead atoms. The van der Waals surface area contributed by atoms with E-state index in [0.717, 1.165) is 37.7 Å². The molecule has 2 N–H and O–H groups in total. The number of benzene rings is 2. The quantitative estimate of drug-likeness (QED) is 0.678. The molecule has 1 fully saturated rings. The van der Waals surface area contributed by atoms with Gasteiger partial charge in [-0.25, -0.2) is 13.1 Å². The van der Waals surface area contributed by atoms with Crippen LogP contribution in [0.1, 0.15) is 37.7 Å². The fourth-order valence-corrected chi connectivity index (χ4v) is 4.88. The van der Waals surface area contributed by atoms with Crippen LogP contribution in [0.5, 0.6) is 5.75 Å². The standard InChI is InChI=1S/C21H25ClN2O4S/c1-15-7-9-16(10-8-15)23-21(25)14-28-20-12-11-18(13-19(20)22)29(26,27)24-17-5-3-2-4-6-17/h7-13,17,24H,2-6,14H2,1H3,(H,23,25). The van der Waals surface area contributed by atoms with E-state index in [4.69, 9.17) is 16.3 Å². The van der Waals surface area contributed by atoms with Gasteiger partial charge in [-0.1, -0.05) is 48.6 Å². The van der Waals surface area contributed by atoms with E-state index in [-0.39, 0.29) is 34.2 Å². The molecule has 6 nitrogen and oxygen atoms in total. The van der Waals surface area contributed by atoms with Gasteiger partial charge in [-0.2, -0.15) is 0 Å². The first-order chi connectivity index (χ1) is 13.8. The Kier molecular flexibility index (Phi) is 7.16. The Balaban J connectivity index is 1.58. The zero-order valence-electron chi connectivity index (χ0n) is 16.3. The lowest BCUT2D eigenvalue weighted by Gasteiger charge is -2.22. The molecule has 2 aromatic rings. The number of aryl methyl sites for hydroxylation is 1. The van der Waals surface area contributed by atoms with Crippen LogP contribution in [-0.2, 0) is 14.8 Å². The minimum atomic E-state index is -3.64. The lowest BCUT2D eigenvalue weighted by Crippen LogP contribution is -2.36. The van der Waals surface area contributed by atoms with Crippen LogP contribution in [0.4, 0.5) is 5.69 Å². The molecule has 156 valence electrons. The zero-order chi connectivity index (χ0) is 20.9. The van der Waals surface area contributed by atoms with Crippen LogP contribution in [0, 0.1) is 6.92 Å². The third-order valence-corrected chi connectivity index (χ3v) is 6.65. The van der Waals surface area contributed by atoms with Crippen molar-refractivity contribution in [2.24, 2.45) is 0 Å². The molecule has 1 saturated carbocycles. The van der Waals surface area contributed by atoms with Crippen LogP contribution in [0.25, 0.3) is 0 Å². The molecule has 0 spiro atoms. The summed E-state index contributed by atoms with van der Waals surface area (Å²) in [6, 6.07) is 11.6. The molecule has 0 unspecified atom stereocenters. The van der Waals surface area contributed by atoms with E-state index in [1.54, 1.807) is 12.1 Å². The summed E-state index contributed by atoms with van der Waals surface area (Å²) in [7, 11) is -3.64. The van der Waals surface area contributed by atoms with E-state index in [9.17, 15) is 13.2 Å². The number of carbonyl (C=O) groups is 1. The van der Waals surface area contributed by atoms with E-state index < -0.39 is 10.0 Å². The van der Waals surface area contributed by atoms with Gasteiger partial charge in [-0.15, -0.1) is 0 Å². The topological polar surface area (TPSA) is 84.5 Å². The number of hydrogen-bond acceptors (Lipinski definition) is 4. The minimum Gasteiger partial charge on any atom is -0.482 e. The molecule has 1 amide bonds. The predicted octanol–water partition coefficient (Wildman–Crippen LogP) is 4.28. The zero-order valence-corrected chi connectivity index (χ0v) is 17.9. The van der Waals surface area contributed by atoms with Gasteiger partial charge < -0.3 is 10.1 Å². The van der Waals surface area contributed by atoms with Crippen LogP contribution in [-0.4, -0.2) is 27.0 Å². The Hall–Kier alpha value is -2.09. The van der Waals surface area contributed by atoms with E-state index >= 15 is 0 Å². The van der Waals surface area contributed by atoms with Crippen molar-refractivity contribution in [1.82, 2.24) is 4.72 Å². The van der Waals surface area contributed by atoms with Crippen molar-refractivity contribution in [3.8, 4) is 5.75 Å². The van der Waals surface area contributed by atoms with Gasteiger partial charge in [-0.3, -0.25) is 4.79 Å². The maximum absolute atomic E-state index is 12.6. The number of nitrogens with one attached hydrogen (secondary N) is 2. The van der Waals surface area contributed by atoms with Gasteiger partial charge in [0.1, 0.15) is 5.75 Å². The second-order valence-corrected chi connectivity index (χ2v) is 9.37. The lowest BCUT2D eigenvalue weighted by molar-refractivity contribution is -0.118. The summed E-state index contributed by atoms with van der Waals surface area (Å²) in [5, 5.41) is 2.87. The molecule has 0 saturated heterocycles. The molecule has 0 heterocycles. The van der Waals surface area contributed by atoms with Crippen molar-refractivity contribution in [3.05, 3.63) is 53.1 Å². The number of carbonyl (C=O) groups excluding carboxylic acids is 1. The number of amides is 1. The van der Waals surface area contributed by atoms with Crippen LogP contribution < -0.4 is 14.8 Å². The minimum absolute atomic E-state index is 0.0334. The molecule has 0 atom stereocenters. The van der Waals surface area contributed by atoms with Gasteiger partial charge in [0, 0.05) is 11.7 Å². The lowest BCUT2D eigenvalue weighted by atomic mass is 9.96. The summed E-state index contributed by atoms with van der Waals surface area (Å²) < 4.78 is 33.4. The van der Waals surface area contributed by atoms with Gasteiger partial charge in [0.15, 0.2) is 6.61 Å². The molecule has 8 heteroatoms. The first kappa shape index (κ1) is 21.6. The monoisotopic (exact) mass is 436 g/mol. The molecule has 2 aromatic carbocycles. The highest BCUT2D eigenvalue weighted by molar-refractivity contribution is 7.89. The van der Waals surface area contributed by atoms with E-state index in [1.165, 1.54) is 18.2 Å². The Morgan fingerprint density at radius 1 is 1.10 bits per heavy atom. The first-order valence-corrected chi connectivity index (χ1v) is 11.5. The second kappa shape index (κ2) is 9.61. The first-order valence-electron chi connectivity index (χ1n) is 9.65. The predicted molar refractivity (Wildman–Crippen MR) is 114 cm³/mol. The number of rotatable bonds is 7. The Bertz CT molecular complexity index is 955. The van der Waals surface area contributed by atoms with Gasteiger partial charge in [-0.05, 0) is 50.1 Å². The van der Waals surface area contributed by atoms with Gasteiger partial charge in [0.25, 0.3) is 5.91 Å². The fourth-order valence-electron chi connectivity index (χ4n) is 3.25. The van der Waals surface area contributed by atoms with Crippen LogP contribution in [0.2, 0.25) is 5.02 Å². The van der Waals surface area contributed by atoms with Crippen LogP contribution in [0.3, 0.4) is 0 Å². The summed E-state index contributed by atoms with van der Waals surface area (Å²) >= 11 is 6.19. The van der Waals surface area contributed by atoms with Crippen molar-refractivity contribution in [1.29, 1.82) is 0 Å². The molecule has 3 rings (SSSR count). The number of hydrogen-bond donors (Lipinski definition) is 2. The SMILES string of the molecule is Cc1ccc(NC(=O)COc2ccc(S(=O)(=O)NC3CCCCC3)cc2Cl)cc1. The maximum Gasteiger partial charge on any atom is 0.262 e. The van der Waals surface area contributed by atoms with Gasteiger partial charge in [0.2, 0.25) is 10.0 Å². The van der Waals surface area contributed by atoms with E-state index in [0.29, 0.717) is 5.69 Å². The molecule has 0 radical (unpaired) electrons. The normalized spacial score (nSPS) is 15.1. The van der Waals surface area contributed by atoms with Gasteiger partial charge >= 0.3 is 0 Å². The number of anilines is 1. The largest absolute Gasteiger partial charge is 0.482 e. The highest BCUT2D eigenvalue weighted by Crippen LogP contribution is 2.28. The molecule has 1 aliphatic carbocycles. The second-order valence-electron chi connectivity index (χ2n) is 7.25. The van der Waals surface area contributed by atoms with E-state index in [1.807, 2.05) is 19.1 Å². The molecule has 0 aromatic heterocycles. The summed E-state index contributed by atoms with van der Waals surface area (Å²) in [6.45, 7) is 1.73. The Morgan fingerprint density at radius 3 is 2.45 bits per heavy atom. The smallest absolute Gasteiger partial charge is 0.262 e. The molecular formula is C21H25ClN2O4S. The summed E-state index contributed by atoms with van der Waals surface area (Å²) in [5.74, 6) is -0.0806. The molecule has 1 aliphatic rings. The number of halogens is 1. The van der Waals surface area contributed by atoms with Gasteiger partial charge in [0.05, 0.1) is 9.92 Å². The Morgan fingerprint density at radius 2 is 1.79 bits per heavy atom. The fraction of sp³-hybridized carbons (Fsp3) is 0.381. The number of sulfonamides is 1. The summed E-state index contributed by atoms with van der Waals surface area (Å²) in [5.41, 5.74) is 1.77. The number of ether oxygens (including phenoxy) is 1. The Labute approximate surface area is 176 Å². The average Bonchev–Trinajstić information content (AvgIpc) is 2.69. The highest BCUT2D eigenvalue weighted by Gasteiger charge is 2.22. The molecular weight excluding hydrogens is 412 g/mol. The third kappa shape index (κ3) is 6.19. The third-order valence-electron chi connectivity index (χ3n) is 4.83. The maximum atomic E-state index is 12.6. The van der Waals surface area contributed by atoms with Crippen LogP contribution in [0.15, 0.2) is 47.4 Å². The van der Waals surface area contributed by atoms with Crippen molar-refractivity contribution in [2.45, 2.75) is 50.0 Å². The summed E-state index contributed by atoms with van der Waals surface area (Å²) in [4.78, 5) is 12.1. The van der Waals surface area contributed by atoms with Crippen LogP contribution >= 0.6 is 11.6 Å². The van der Waals surface area contributed by atoms with Crippen molar-refractivity contribution >= 4 is 33.2 Å².